The van der Waals surface area contributed by atoms with E-state index in [0.29, 0.717) is 28.2 Å². The van der Waals surface area contributed by atoms with Gasteiger partial charge in [0, 0.05) is 31.0 Å². The molecule has 0 bridgehead atoms. The summed E-state index contributed by atoms with van der Waals surface area (Å²) in [6.07, 6.45) is -4.46. The molecule has 4 aromatic rings. The number of imidazole rings is 1. The van der Waals surface area contributed by atoms with E-state index >= 15 is 0 Å². The van der Waals surface area contributed by atoms with Gasteiger partial charge in [0.1, 0.15) is 0 Å². The number of aromatic nitrogens is 4. The third-order valence-electron chi connectivity index (χ3n) is 5.75. The van der Waals surface area contributed by atoms with Gasteiger partial charge in [-0.25, -0.2) is 9.48 Å². The van der Waals surface area contributed by atoms with E-state index < -0.39 is 11.7 Å². The summed E-state index contributed by atoms with van der Waals surface area (Å²) >= 11 is 0. The van der Waals surface area contributed by atoms with Crippen molar-refractivity contribution in [1.29, 1.82) is 0 Å². The first-order chi connectivity index (χ1) is 15.5. The molecule has 0 saturated heterocycles. The summed E-state index contributed by atoms with van der Waals surface area (Å²) in [5.41, 5.74) is 3.09. The minimum absolute atomic E-state index is 0.00237. The van der Waals surface area contributed by atoms with Crippen LogP contribution >= 0.6 is 0 Å². The van der Waals surface area contributed by atoms with Crippen LogP contribution in [0.3, 0.4) is 0 Å². The molecular weight excluding hydrogens is 435 g/mol. The first-order valence-electron chi connectivity index (χ1n) is 10.2. The smallest absolute Gasteiger partial charge is 0.326 e. The van der Waals surface area contributed by atoms with Crippen LogP contribution in [0, 0.1) is 13.8 Å². The summed E-state index contributed by atoms with van der Waals surface area (Å²) in [4.78, 5) is 24.8. The molecule has 10 heteroatoms. The Morgan fingerprint density at radius 1 is 1.03 bits per heavy atom. The first-order valence-corrected chi connectivity index (χ1v) is 10.2. The quantitative estimate of drug-likeness (QED) is 0.506. The van der Waals surface area contributed by atoms with E-state index in [1.807, 2.05) is 0 Å². The molecule has 2 heterocycles. The van der Waals surface area contributed by atoms with Crippen molar-refractivity contribution in [2.45, 2.75) is 26.4 Å². The molecule has 1 N–H and O–H groups in total. The average molecular weight is 457 g/mol. The largest absolute Gasteiger partial charge is 0.416 e. The van der Waals surface area contributed by atoms with Gasteiger partial charge in [-0.15, -0.1) is 0 Å². The number of nitrogens with zero attached hydrogens (tertiary/aromatic N) is 4. The molecule has 4 rings (SSSR count). The van der Waals surface area contributed by atoms with E-state index in [9.17, 15) is 22.8 Å². The normalized spacial score (nSPS) is 11.8. The Balaban J connectivity index is 1.59. The predicted octanol–water partition coefficient (Wildman–Crippen LogP) is 3.88. The Labute approximate surface area is 187 Å². The second-order valence-corrected chi connectivity index (χ2v) is 7.94. The second-order valence-electron chi connectivity index (χ2n) is 7.94. The maximum atomic E-state index is 13.1. The Morgan fingerprint density at radius 2 is 1.73 bits per heavy atom. The van der Waals surface area contributed by atoms with Crippen LogP contribution in [-0.4, -0.2) is 24.8 Å². The van der Waals surface area contributed by atoms with Crippen LogP contribution < -0.4 is 11.0 Å². The maximum Gasteiger partial charge on any atom is 0.416 e. The zero-order chi connectivity index (χ0) is 24.1. The SMILES string of the molecule is Cc1nn(-c2cccc(C(F)(F)F)c2)c(C)c1CC(=O)Nc1ccc2c(c1)n(C)c(=O)n2C. The van der Waals surface area contributed by atoms with Gasteiger partial charge in [0.05, 0.1) is 34.4 Å². The monoisotopic (exact) mass is 457 g/mol. The van der Waals surface area contributed by atoms with E-state index in [-0.39, 0.29) is 23.7 Å². The van der Waals surface area contributed by atoms with Crippen molar-refractivity contribution in [2.75, 3.05) is 5.32 Å². The van der Waals surface area contributed by atoms with Crippen LogP contribution in [-0.2, 0) is 31.5 Å². The number of hydrogen-bond donors (Lipinski definition) is 1. The Hall–Kier alpha value is -3.82. The highest BCUT2D eigenvalue weighted by Crippen LogP contribution is 2.31. The summed E-state index contributed by atoms with van der Waals surface area (Å²) in [6.45, 7) is 3.43. The van der Waals surface area contributed by atoms with Crippen molar-refractivity contribution in [2.24, 2.45) is 14.1 Å². The highest BCUT2D eigenvalue weighted by molar-refractivity contribution is 5.94. The molecule has 0 unspecified atom stereocenters. The van der Waals surface area contributed by atoms with Crippen LogP contribution in [0.1, 0.15) is 22.5 Å². The highest BCUT2D eigenvalue weighted by Gasteiger charge is 2.30. The van der Waals surface area contributed by atoms with Gasteiger partial charge in [-0.1, -0.05) is 6.07 Å². The van der Waals surface area contributed by atoms with Gasteiger partial charge >= 0.3 is 11.9 Å². The number of carbonyl (C=O) groups excluding carboxylic acids is 1. The number of anilines is 1. The molecule has 2 aromatic carbocycles. The maximum absolute atomic E-state index is 13.1. The lowest BCUT2D eigenvalue weighted by molar-refractivity contribution is -0.137. The molecule has 0 spiro atoms. The van der Waals surface area contributed by atoms with E-state index in [0.717, 1.165) is 17.6 Å². The standard InChI is InChI=1S/C23H22F3N5O2/c1-13-18(14(2)31(28-13)17-7-5-6-15(10-17)23(24,25)26)12-21(32)27-16-8-9-19-20(11-16)30(4)22(33)29(19)3/h5-11H,12H2,1-4H3,(H,27,32). The third kappa shape index (κ3) is 4.04. The number of benzene rings is 2. The molecule has 0 radical (unpaired) electrons. The van der Waals surface area contributed by atoms with E-state index in [4.69, 9.17) is 0 Å². The number of amides is 1. The summed E-state index contributed by atoms with van der Waals surface area (Å²) in [5, 5.41) is 7.18. The van der Waals surface area contributed by atoms with Crippen LogP contribution in [0.2, 0.25) is 0 Å². The number of fused-ring (bicyclic) bond motifs is 1. The molecule has 33 heavy (non-hydrogen) atoms. The molecule has 0 atom stereocenters. The Bertz CT molecular complexity index is 1440. The number of rotatable bonds is 4. The third-order valence-corrected chi connectivity index (χ3v) is 5.75. The van der Waals surface area contributed by atoms with Gasteiger partial charge in [-0.3, -0.25) is 13.9 Å². The van der Waals surface area contributed by atoms with Crippen molar-refractivity contribution >= 4 is 22.6 Å². The number of aryl methyl sites for hydroxylation is 3. The lowest BCUT2D eigenvalue weighted by Crippen LogP contribution is -2.19. The Kier molecular flexibility index (Phi) is 5.39. The lowest BCUT2D eigenvalue weighted by Gasteiger charge is -2.10. The summed E-state index contributed by atoms with van der Waals surface area (Å²) < 4.78 is 43.7. The van der Waals surface area contributed by atoms with Crippen molar-refractivity contribution in [3.8, 4) is 5.69 Å². The van der Waals surface area contributed by atoms with Crippen molar-refractivity contribution in [3.05, 3.63) is 75.5 Å². The second kappa shape index (κ2) is 7.95. The molecule has 0 saturated carbocycles. The predicted molar refractivity (Wildman–Crippen MR) is 119 cm³/mol. The van der Waals surface area contributed by atoms with Crippen LogP contribution in [0.25, 0.3) is 16.7 Å². The number of hydrogen-bond acceptors (Lipinski definition) is 3. The van der Waals surface area contributed by atoms with Gasteiger partial charge in [0.2, 0.25) is 5.91 Å². The topological polar surface area (TPSA) is 73.8 Å². The van der Waals surface area contributed by atoms with Gasteiger partial charge < -0.3 is 5.32 Å². The summed E-state index contributed by atoms with van der Waals surface area (Å²) in [6, 6.07) is 10.1. The lowest BCUT2D eigenvalue weighted by atomic mass is 10.1. The van der Waals surface area contributed by atoms with Gasteiger partial charge in [-0.2, -0.15) is 18.3 Å². The Morgan fingerprint density at radius 3 is 2.42 bits per heavy atom. The zero-order valence-corrected chi connectivity index (χ0v) is 18.5. The number of halogens is 3. The number of alkyl halides is 3. The van der Waals surface area contributed by atoms with Crippen LogP contribution in [0.4, 0.5) is 18.9 Å². The van der Waals surface area contributed by atoms with Gasteiger partial charge in [-0.05, 0) is 50.2 Å². The van der Waals surface area contributed by atoms with E-state index in [1.54, 1.807) is 46.1 Å². The fraction of sp³-hybridized carbons (Fsp3) is 0.261. The zero-order valence-electron chi connectivity index (χ0n) is 18.5. The average Bonchev–Trinajstić information content (AvgIpc) is 3.16. The highest BCUT2D eigenvalue weighted by atomic mass is 19.4. The number of carbonyl (C=O) groups is 1. The molecule has 172 valence electrons. The molecule has 0 aliphatic rings. The van der Waals surface area contributed by atoms with E-state index in [2.05, 4.69) is 10.4 Å². The molecule has 7 nitrogen and oxygen atoms in total. The molecular formula is C23H22F3N5O2. The van der Waals surface area contributed by atoms with Crippen LogP contribution in [0.5, 0.6) is 0 Å². The fourth-order valence-corrected chi connectivity index (χ4v) is 3.95. The van der Waals surface area contributed by atoms with Gasteiger partial charge in [0.25, 0.3) is 0 Å². The number of nitrogens with one attached hydrogen (secondary N) is 1. The molecule has 0 aliphatic carbocycles. The molecule has 0 aliphatic heterocycles. The van der Waals surface area contributed by atoms with Gasteiger partial charge in [0.15, 0.2) is 0 Å². The van der Waals surface area contributed by atoms with E-state index in [1.165, 1.54) is 25.9 Å². The minimum atomic E-state index is -4.46. The van der Waals surface area contributed by atoms with Crippen molar-refractivity contribution < 1.29 is 18.0 Å². The molecule has 1 amide bonds. The minimum Gasteiger partial charge on any atom is -0.326 e. The summed E-state index contributed by atoms with van der Waals surface area (Å²) in [7, 11) is 3.34. The van der Waals surface area contributed by atoms with Crippen molar-refractivity contribution in [1.82, 2.24) is 18.9 Å². The molecule has 0 fully saturated rings. The van der Waals surface area contributed by atoms with Crippen LogP contribution in [0.15, 0.2) is 47.3 Å². The molecule has 2 aromatic heterocycles. The first kappa shape index (κ1) is 22.4. The summed E-state index contributed by atoms with van der Waals surface area (Å²) in [5.74, 6) is -0.301. The fourth-order valence-electron chi connectivity index (χ4n) is 3.95. The van der Waals surface area contributed by atoms with Crippen molar-refractivity contribution in [3.63, 3.8) is 0 Å².